The van der Waals surface area contributed by atoms with Gasteiger partial charge in [0.15, 0.2) is 10.8 Å². The number of rotatable bonds is 9. The largest absolute Gasteiger partial charge is 0.356 e. The van der Waals surface area contributed by atoms with E-state index in [1.807, 2.05) is 25.1 Å². The lowest BCUT2D eigenvalue weighted by atomic mass is 9.97. The standard InChI is InChI=1S/C24H30N6O3S/c1-2-25-22(32)18-11-7-13-29(14-18)24-28-21-20(34-24)23(33)30(16-27-21)15-19(31)26-12-6-10-17-8-4-3-5-9-17/h3-5,8-9,16,18H,2,6-7,10-15H2,1H3,(H,25,32)(H,26,31)/t18-/m1/s1. The fourth-order valence-corrected chi connectivity index (χ4v) is 5.15. The van der Waals surface area contributed by atoms with Crippen LogP contribution in [0.5, 0.6) is 0 Å². The van der Waals surface area contributed by atoms with E-state index in [9.17, 15) is 14.4 Å². The van der Waals surface area contributed by atoms with Gasteiger partial charge in [0.1, 0.15) is 17.6 Å². The van der Waals surface area contributed by atoms with Crippen LogP contribution < -0.4 is 21.1 Å². The average molecular weight is 483 g/mol. The summed E-state index contributed by atoms with van der Waals surface area (Å²) in [6, 6.07) is 10.1. The summed E-state index contributed by atoms with van der Waals surface area (Å²) in [6.07, 6.45) is 4.83. The summed E-state index contributed by atoms with van der Waals surface area (Å²) < 4.78 is 1.75. The Balaban J connectivity index is 1.36. The molecule has 0 radical (unpaired) electrons. The van der Waals surface area contributed by atoms with Crippen LogP contribution in [-0.4, -0.2) is 52.5 Å². The highest BCUT2D eigenvalue weighted by Gasteiger charge is 2.27. The number of piperidine rings is 1. The third-order valence-corrected chi connectivity index (χ3v) is 7.00. The lowest BCUT2D eigenvalue weighted by molar-refractivity contribution is -0.125. The fourth-order valence-electron chi connectivity index (χ4n) is 4.14. The van der Waals surface area contributed by atoms with Gasteiger partial charge >= 0.3 is 0 Å². The molecule has 34 heavy (non-hydrogen) atoms. The van der Waals surface area contributed by atoms with E-state index in [2.05, 4.69) is 37.6 Å². The number of hydrogen-bond donors (Lipinski definition) is 2. The molecule has 9 nitrogen and oxygen atoms in total. The van der Waals surface area contributed by atoms with Crippen LogP contribution in [0.1, 0.15) is 31.7 Å². The molecule has 10 heteroatoms. The van der Waals surface area contributed by atoms with Gasteiger partial charge in [0.2, 0.25) is 11.8 Å². The van der Waals surface area contributed by atoms with Crippen molar-refractivity contribution in [2.45, 2.75) is 39.2 Å². The smallest absolute Gasteiger partial charge is 0.273 e. The first-order chi connectivity index (χ1) is 16.5. The molecular formula is C24H30N6O3S. The molecule has 1 aliphatic rings. The number of aryl methyl sites for hydroxylation is 1. The minimum absolute atomic E-state index is 0.0589. The Morgan fingerprint density at radius 2 is 2.03 bits per heavy atom. The van der Waals surface area contributed by atoms with Gasteiger partial charge in [-0.15, -0.1) is 0 Å². The van der Waals surface area contributed by atoms with Crippen LogP contribution in [0.3, 0.4) is 0 Å². The van der Waals surface area contributed by atoms with Gasteiger partial charge in [-0.1, -0.05) is 41.7 Å². The second kappa shape index (κ2) is 11.2. The zero-order valence-corrected chi connectivity index (χ0v) is 20.1. The molecular weight excluding hydrogens is 452 g/mol. The van der Waals surface area contributed by atoms with E-state index >= 15 is 0 Å². The van der Waals surface area contributed by atoms with Crippen LogP contribution >= 0.6 is 11.3 Å². The molecule has 0 unspecified atom stereocenters. The Morgan fingerprint density at radius 3 is 2.82 bits per heavy atom. The van der Waals surface area contributed by atoms with Gasteiger partial charge < -0.3 is 15.5 Å². The van der Waals surface area contributed by atoms with Crippen LogP contribution in [-0.2, 0) is 22.6 Å². The maximum Gasteiger partial charge on any atom is 0.273 e. The van der Waals surface area contributed by atoms with Crippen LogP contribution in [0, 0.1) is 5.92 Å². The number of amides is 2. The molecule has 0 bridgehead atoms. The Bertz CT molecular complexity index is 1190. The first-order valence-corrected chi connectivity index (χ1v) is 12.6. The lowest BCUT2D eigenvalue weighted by Crippen LogP contribution is -2.43. The lowest BCUT2D eigenvalue weighted by Gasteiger charge is -2.31. The van der Waals surface area contributed by atoms with Crippen molar-refractivity contribution < 1.29 is 9.59 Å². The summed E-state index contributed by atoms with van der Waals surface area (Å²) >= 11 is 1.27. The molecule has 2 N–H and O–H groups in total. The van der Waals surface area contributed by atoms with Crippen molar-refractivity contribution in [1.29, 1.82) is 0 Å². The van der Waals surface area contributed by atoms with Gasteiger partial charge in [0.25, 0.3) is 5.56 Å². The van der Waals surface area contributed by atoms with Crippen molar-refractivity contribution in [2.75, 3.05) is 31.1 Å². The summed E-state index contributed by atoms with van der Waals surface area (Å²) in [5.74, 6) is -0.249. The first-order valence-electron chi connectivity index (χ1n) is 11.7. The second-order valence-electron chi connectivity index (χ2n) is 8.45. The maximum atomic E-state index is 13.0. The summed E-state index contributed by atoms with van der Waals surface area (Å²) in [5, 5.41) is 6.45. The van der Waals surface area contributed by atoms with E-state index in [0.29, 0.717) is 35.1 Å². The third-order valence-electron chi connectivity index (χ3n) is 5.91. The monoisotopic (exact) mass is 482 g/mol. The predicted octanol–water partition coefficient (Wildman–Crippen LogP) is 1.95. The van der Waals surface area contributed by atoms with Gasteiger partial charge in [0.05, 0.1) is 5.92 Å². The van der Waals surface area contributed by atoms with Crippen LogP contribution in [0.15, 0.2) is 41.5 Å². The molecule has 0 saturated carbocycles. The highest BCUT2D eigenvalue weighted by atomic mass is 32.1. The molecule has 1 aliphatic heterocycles. The number of fused-ring (bicyclic) bond motifs is 1. The van der Waals surface area contributed by atoms with Crippen molar-refractivity contribution in [3.8, 4) is 0 Å². The van der Waals surface area contributed by atoms with Crippen molar-refractivity contribution in [2.24, 2.45) is 5.92 Å². The van der Waals surface area contributed by atoms with Crippen molar-refractivity contribution in [1.82, 2.24) is 25.2 Å². The summed E-state index contributed by atoms with van der Waals surface area (Å²) in [6.45, 7) is 4.35. The molecule has 2 aromatic heterocycles. The summed E-state index contributed by atoms with van der Waals surface area (Å²) in [5.41, 5.74) is 1.34. The van der Waals surface area contributed by atoms with E-state index in [-0.39, 0.29) is 29.8 Å². The minimum Gasteiger partial charge on any atom is -0.356 e. The topological polar surface area (TPSA) is 109 Å². The first kappa shape index (κ1) is 23.9. The molecule has 180 valence electrons. The van der Waals surface area contributed by atoms with Crippen LogP contribution in [0.2, 0.25) is 0 Å². The molecule has 1 atom stereocenters. The number of aromatic nitrogens is 3. The number of hydrogen-bond acceptors (Lipinski definition) is 7. The molecule has 2 amide bonds. The Hall–Kier alpha value is -3.27. The van der Waals surface area contributed by atoms with Crippen molar-refractivity contribution in [3.05, 3.63) is 52.6 Å². The molecule has 3 aromatic rings. The average Bonchev–Trinajstić information content (AvgIpc) is 3.30. The highest BCUT2D eigenvalue weighted by molar-refractivity contribution is 7.22. The molecule has 0 aliphatic carbocycles. The van der Waals surface area contributed by atoms with Gasteiger partial charge in [-0.3, -0.25) is 19.0 Å². The normalized spacial score (nSPS) is 15.9. The number of benzene rings is 1. The van der Waals surface area contributed by atoms with Crippen LogP contribution in [0.4, 0.5) is 5.13 Å². The molecule has 3 heterocycles. The van der Waals surface area contributed by atoms with E-state index in [0.717, 1.165) is 32.2 Å². The van der Waals surface area contributed by atoms with E-state index in [4.69, 9.17) is 0 Å². The van der Waals surface area contributed by atoms with Crippen molar-refractivity contribution in [3.63, 3.8) is 0 Å². The zero-order chi connectivity index (χ0) is 23.9. The fraction of sp³-hybridized carbons (Fsp3) is 0.458. The summed E-state index contributed by atoms with van der Waals surface area (Å²) in [4.78, 5) is 48.5. The van der Waals surface area contributed by atoms with Gasteiger partial charge in [-0.25, -0.2) is 4.98 Å². The Labute approximate surface area is 202 Å². The quantitative estimate of drug-likeness (QED) is 0.451. The van der Waals surface area contributed by atoms with Gasteiger partial charge in [0, 0.05) is 26.2 Å². The SMILES string of the molecule is CCNC(=O)[C@@H]1CCCN(c2nc3ncn(CC(=O)NCCCc4ccccc4)c(=O)c3s2)C1. The van der Waals surface area contributed by atoms with Gasteiger partial charge in [-0.05, 0) is 38.2 Å². The number of thiazole rings is 1. The number of carbonyl (C=O) groups is 2. The highest BCUT2D eigenvalue weighted by Crippen LogP contribution is 2.29. The number of anilines is 1. The summed E-state index contributed by atoms with van der Waals surface area (Å²) in [7, 11) is 0. The zero-order valence-electron chi connectivity index (χ0n) is 19.3. The maximum absolute atomic E-state index is 13.0. The Kier molecular flexibility index (Phi) is 7.89. The van der Waals surface area contributed by atoms with Crippen LogP contribution in [0.25, 0.3) is 10.3 Å². The predicted molar refractivity (Wildman–Crippen MR) is 133 cm³/mol. The number of nitrogens with zero attached hydrogens (tertiary/aromatic N) is 4. The van der Waals surface area contributed by atoms with E-state index < -0.39 is 0 Å². The number of nitrogens with one attached hydrogen (secondary N) is 2. The molecule has 0 spiro atoms. The second-order valence-corrected chi connectivity index (χ2v) is 9.42. The third kappa shape index (κ3) is 5.80. The van der Waals surface area contributed by atoms with E-state index in [1.54, 1.807) is 0 Å². The molecule has 1 fully saturated rings. The minimum atomic E-state index is -0.273. The molecule has 4 rings (SSSR count). The van der Waals surface area contributed by atoms with Gasteiger partial charge in [-0.2, -0.15) is 4.98 Å². The molecule has 1 aromatic carbocycles. The molecule has 1 saturated heterocycles. The Morgan fingerprint density at radius 1 is 1.21 bits per heavy atom. The van der Waals surface area contributed by atoms with Crippen molar-refractivity contribution >= 4 is 38.6 Å². The van der Waals surface area contributed by atoms with E-state index in [1.165, 1.54) is 27.8 Å². The number of carbonyl (C=O) groups excluding carboxylic acids is 2.